The van der Waals surface area contributed by atoms with Gasteiger partial charge in [-0.3, -0.25) is 14.5 Å². The second-order valence-corrected chi connectivity index (χ2v) is 9.64. The van der Waals surface area contributed by atoms with Gasteiger partial charge in [0, 0.05) is 48.9 Å². The van der Waals surface area contributed by atoms with E-state index in [2.05, 4.69) is 10.3 Å². The Bertz CT molecular complexity index is 1220. The van der Waals surface area contributed by atoms with Crippen LogP contribution in [0.15, 0.2) is 54.7 Å². The maximum Gasteiger partial charge on any atom is 0.241 e. The van der Waals surface area contributed by atoms with Crippen molar-refractivity contribution in [2.45, 2.75) is 33.6 Å². The van der Waals surface area contributed by atoms with Gasteiger partial charge in [-0.15, -0.1) is 0 Å². The highest BCUT2D eigenvalue weighted by molar-refractivity contribution is 6.01. The number of anilines is 3. The number of aryl methyl sites for hydroxylation is 1. The molecule has 7 heteroatoms. The van der Waals surface area contributed by atoms with Gasteiger partial charge >= 0.3 is 0 Å². The summed E-state index contributed by atoms with van der Waals surface area (Å²) in [5.41, 5.74) is 4.27. The highest BCUT2D eigenvalue weighted by atomic mass is 16.2. The van der Waals surface area contributed by atoms with Gasteiger partial charge in [-0.2, -0.15) is 0 Å². The highest BCUT2D eigenvalue weighted by Gasteiger charge is 2.23. The van der Waals surface area contributed by atoms with E-state index in [0.717, 1.165) is 29.0 Å². The molecule has 0 bridgehead atoms. The van der Waals surface area contributed by atoms with Crippen molar-refractivity contribution in [2.75, 3.05) is 36.9 Å². The van der Waals surface area contributed by atoms with Gasteiger partial charge in [-0.05, 0) is 49.7 Å². The third-order valence-corrected chi connectivity index (χ3v) is 6.09. The molecule has 182 valence electrons. The van der Waals surface area contributed by atoms with E-state index >= 15 is 0 Å². The molecule has 1 saturated heterocycles. The van der Waals surface area contributed by atoms with Crippen LogP contribution in [0, 0.1) is 12.8 Å². The van der Waals surface area contributed by atoms with Crippen molar-refractivity contribution in [3.63, 3.8) is 0 Å². The molecule has 1 N–H and O–H groups in total. The normalized spacial score (nSPS) is 14.4. The van der Waals surface area contributed by atoms with Gasteiger partial charge in [-0.1, -0.05) is 38.1 Å². The number of rotatable bonds is 8. The Balaban J connectivity index is 1.54. The van der Waals surface area contributed by atoms with Gasteiger partial charge in [0.05, 0.1) is 12.2 Å². The Kier molecular flexibility index (Phi) is 7.56. The van der Waals surface area contributed by atoms with E-state index in [1.807, 2.05) is 86.1 Å². The highest BCUT2D eigenvalue weighted by Crippen LogP contribution is 2.25. The lowest BCUT2D eigenvalue weighted by molar-refractivity contribution is -0.120. The average molecular weight is 472 g/mol. The van der Waals surface area contributed by atoms with Crippen molar-refractivity contribution in [3.05, 3.63) is 77.2 Å². The van der Waals surface area contributed by atoms with Gasteiger partial charge in [0.1, 0.15) is 11.6 Å². The second kappa shape index (κ2) is 10.8. The number of carbonyl (C=O) groups excluding carboxylic acids is 2. The lowest BCUT2D eigenvalue weighted by Crippen LogP contribution is -2.48. The average Bonchev–Trinajstić information content (AvgIpc) is 2.81. The summed E-state index contributed by atoms with van der Waals surface area (Å²) in [7, 11) is 1.96. The molecule has 4 rings (SSSR count). The zero-order valence-electron chi connectivity index (χ0n) is 20.9. The number of piperazine rings is 1. The van der Waals surface area contributed by atoms with Gasteiger partial charge in [0.25, 0.3) is 0 Å². The standard InChI is InChI=1S/C28H33N5O2/c1-19(2)14-25(34)23-10-5-6-11-24(23)30-28-20(3)17-29-26(31-28)16-21-8-7-9-22(15-21)33-13-12-32(4)18-27(33)35/h5-11,15,17,19H,12-14,16,18H2,1-4H3,(H,29,30,31). The van der Waals surface area contributed by atoms with E-state index in [9.17, 15) is 9.59 Å². The number of likely N-dealkylation sites (N-methyl/N-ethyl adjacent to an activating group) is 1. The number of nitrogens with zero attached hydrogens (tertiary/aromatic N) is 4. The molecule has 1 aliphatic rings. The van der Waals surface area contributed by atoms with Crippen LogP contribution in [0.3, 0.4) is 0 Å². The molecular weight excluding hydrogens is 438 g/mol. The van der Waals surface area contributed by atoms with Crippen molar-refractivity contribution in [2.24, 2.45) is 5.92 Å². The number of ketones is 1. The molecule has 1 amide bonds. The summed E-state index contributed by atoms with van der Waals surface area (Å²) in [6, 6.07) is 15.6. The molecule has 2 aromatic carbocycles. The Morgan fingerprint density at radius 1 is 1.11 bits per heavy atom. The van der Waals surface area contributed by atoms with Crippen LogP contribution in [0.1, 0.15) is 47.6 Å². The summed E-state index contributed by atoms with van der Waals surface area (Å²) < 4.78 is 0. The van der Waals surface area contributed by atoms with Crippen LogP contribution in [-0.4, -0.2) is 53.2 Å². The van der Waals surface area contributed by atoms with Crippen LogP contribution < -0.4 is 10.2 Å². The van der Waals surface area contributed by atoms with Gasteiger partial charge in [0.15, 0.2) is 5.78 Å². The SMILES string of the molecule is Cc1cnc(Cc2cccc(N3CCN(C)CC3=O)c2)nc1Nc1ccccc1C(=O)CC(C)C. The van der Waals surface area contributed by atoms with Crippen LogP contribution in [0.25, 0.3) is 0 Å². The van der Waals surface area contributed by atoms with E-state index < -0.39 is 0 Å². The summed E-state index contributed by atoms with van der Waals surface area (Å²) in [6.07, 6.45) is 2.84. The Morgan fingerprint density at radius 3 is 2.69 bits per heavy atom. The van der Waals surface area contributed by atoms with Crippen LogP contribution in [-0.2, 0) is 11.2 Å². The van der Waals surface area contributed by atoms with E-state index in [4.69, 9.17) is 4.98 Å². The molecule has 35 heavy (non-hydrogen) atoms. The number of nitrogens with one attached hydrogen (secondary N) is 1. The van der Waals surface area contributed by atoms with Crippen molar-refractivity contribution in [1.82, 2.24) is 14.9 Å². The minimum absolute atomic E-state index is 0.111. The second-order valence-electron chi connectivity index (χ2n) is 9.64. The molecule has 0 radical (unpaired) electrons. The fraction of sp³-hybridized carbons (Fsp3) is 0.357. The fourth-order valence-corrected chi connectivity index (χ4v) is 4.21. The first-order valence-corrected chi connectivity index (χ1v) is 12.1. The van der Waals surface area contributed by atoms with E-state index in [0.29, 0.717) is 49.1 Å². The topological polar surface area (TPSA) is 78.4 Å². The number of benzene rings is 2. The number of para-hydroxylation sites is 1. The van der Waals surface area contributed by atoms with Gasteiger partial charge in [0.2, 0.25) is 5.91 Å². The molecule has 0 atom stereocenters. The van der Waals surface area contributed by atoms with Gasteiger partial charge < -0.3 is 10.2 Å². The maximum absolute atomic E-state index is 12.8. The summed E-state index contributed by atoms with van der Waals surface area (Å²) in [5.74, 6) is 1.88. The molecule has 0 unspecified atom stereocenters. The summed E-state index contributed by atoms with van der Waals surface area (Å²) in [4.78, 5) is 38.4. The fourth-order valence-electron chi connectivity index (χ4n) is 4.21. The Hall–Kier alpha value is -3.58. The number of aromatic nitrogens is 2. The predicted molar refractivity (Wildman–Crippen MR) is 139 cm³/mol. The third-order valence-electron chi connectivity index (χ3n) is 6.09. The summed E-state index contributed by atoms with van der Waals surface area (Å²) in [6.45, 7) is 8.01. The zero-order valence-corrected chi connectivity index (χ0v) is 20.9. The van der Waals surface area contributed by atoms with E-state index in [1.54, 1.807) is 6.20 Å². The first-order valence-electron chi connectivity index (χ1n) is 12.1. The van der Waals surface area contributed by atoms with Crippen molar-refractivity contribution in [1.29, 1.82) is 0 Å². The van der Waals surface area contributed by atoms with Crippen molar-refractivity contribution < 1.29 is 9.59 Å². The molecular formula is C28H33N5O2. The molecule has 0 aliphatic carbocycles. The maximum atomic E-state index is 12.8. The zero-order chi connectivity index (χ0) is 24.9. The molecule has 1 aliphatic heterocycles. The molecule has 3 aromatic rings. The third kappa shape index (κ3) is 6.11. The molecule has 0 saturated carbocycles. The van der Waals surface area contributed by atoms with E-state index in [1.165, 1.54) is 0 Å². The first-order chi connectivity index (χ1) is 16.8. The smallest absolute Gasteiger partial charge is 0.241 e. The number of amides is 1. The first kappa shape index (κ1) is 24.5. The van der Waals surface area contributed by atoms with Crippen LogP contribution in [0.2, 0.25) is 0 Å². The van der Waals surface area contributed by atoms with Gasteiger partial charge in [-0.25, -0.2) is 9.97 Å². The lowest BCUT2D eigenvalue weighted by atomic mass is 10.00. The quantitative estimate of drug-likeness (QED) is 0.483. The summed E-state index contributed by atoms with van der Waals surface area (Å²) >= 11 is 0. The minimum Gasteiger partial charge on any atom is -0.339 e. The van der Waals surface area contributed by atoms with Crippen LogP contribution in [0.5, 0.6) is 0 Å². The molecule has 1 aromatic heterocycles. The Morgan fingerprint density at radius 2 is 1.91 bits per heavy atom. The number of Topliss-reactive ketones (excluding diaryl/α,β-unsaturated/α-hetero) is 1. The monoisotopic (exact) mass is 471 g/mol. The molecule has 0 spiro atoms. The molecule has 2 heterocycles. The lowest BCUT2D eigenvalue weighted by Gasteiger charge is -2.32. The number of carbonyl (C=O) groups is 2. The Labute approximate surface area is 207 Å². The summed E-state index contributed by atoms with van der Waals surface area (Å²) in [5, 5.41) is 3.36. The number of hydrogen-bond acceptors (Lipinski definition) is 6. The molecule has 7 nitrogen and oxygen atoms in total. The number of hydrogen-bond donors (Lipinski definition) is 1. The van der Waals surface area contributed by atoms with Crippen molar-refractivity contribution >= 4 is 28.9 Å². The van der Waals surface area contributed by atoms with Crippen molar-refractivity contribution in [3.8, 4) is 0 Å². The van der Waals surface area contributed by atoms with E-state index in [-0.39, 0.29) is 11.7 Å². The van der Waals surface area contributed by atoms with Crippen LogP contribution >= 0.6 is 0 Å². The molecule has 1 fully saturated rings. The minimum atomic E-state index is 0.111. The largest absolute Gasteiger partial charge is 0.339 e. The predicted octanol–water partition coefficient (Wildman–Crippen LogP) is 4.63. The van der Waals surface area contributed by atoms with Crippen LogP contribution in [0.4, 0.5) is 17.2 Å².